The number of fused-ring (bicyclic) bond motifs is 1. The molecule has 1 aliphatic heterocycles. The Hall–Kier alpha value is -2.80. The number of carbonyl (C=O) groups excluding carboxylic acids is 1. The SMILES string of the molecule is Cc1ccc(C(=O)[C@H]2Sc3nnc(C)n3N[C@@H]2c2ccc(N(C)C)cc2)cc1. The summed E-state index contributed by atoms with van der Waals surface area (Å²) in [5.74, 6) is 0.865. The number of thioether (sulfide) groups is 1. The number of hydrogen-bond acceptors (Lipinski definition) is 6. The Morgan fingerprint density at radius 2 is 1.71 bits per heavy atom. The molecule has 0 unspecified atom stereocenters. The molecule has 0 radical (unpaired) electrons. The number of rotatable bonds is 4. The minimum absolute atomic E-state index is 0.0890. The molecule has 28 heavy (non-hydrogen) atoms. The van der Waals surface area contributed by atoms with Crippen molar-refractivity contribution in [3.05, 3.63) is 71.0 Å². The van der Waals surface area contributed by atoms with Gasteiger partial charge in [-0.25, -0.2) is 4.68 Å². The lowest BCUT2D eigenvalue weighted by Gasteiger charge is -2.33. The Morgan fingerprint density at radius 3 is 2.36 bits per heavy atom. The topological polar surface area (TPSA) is 63.1 Å². The Kier molecular flexibility index (Phi) is 4.85. The average molecular weight is 394 g/mol. The quantitative estimate of drug-likeness (QED) is 0.684. The van der Waals surface area contributed by atoms with E-state index in [0.717, 1.165) is 22.6 Å². The van der Waals surface area contributed by atoms with Gasteiger partial charge in [-0.15, -0.1) is 10.2 Å². The van der Waals surface area contributed by atoms with Crippen molar-refractivity contribution in [3.63, 3.8) is 0 Å². The highest BCUT2D eigenvalue weighted by Crippen LogP contribution is 2.38. The van der Waals surface area contributed by atoms with E-state index in [2.05, 4.69) is 44.8 Å². The van der Waals surface area contributed by atoms with Crippen molar-refractivity contribution in [2.75, 3.05) is 24.4 Å². The van der Waals surface area contributed by atoms with Gasteiger partial charge in [-0.3, -0.25) is 4.79 Å². The van der Waals surface area contributed by atoms with Gasteiger partial charge >= 0.3 is 0 Å². The number of aromatic nitrogens is 3. The van der Waals surface area contributed by atoms with Crippen LogP contribution >= 0.6 is 11.8 Å². The van der Waals surface area contributed by atoms with Crippen LogP contribution in [0.5, 0.6) is 0 Å². The summed E-state index contributed by atoms with van der Waals surface area (Å²) < 4.78 is 1.87. The summed E-state index contributed by atoms with van der Waals surface area (Å²) >= 11 is 1.47. The minimum atomic E-state index is -0.330. The lowest BCUT2D eigenvalue weighted by molar-refractivity contribution is 0.0980. The molecule has 1 aromatic heterocycles. The number of nitrogens with one attached hydrogen (secondary N) is 1. The van der Waals surface area contributed by atoms with E-state index in [1.54, 1.807) is 0 Å². The molecule has 1 aliphatic rings. The lowest BCUT2D eigenvalue weighted by Crippen LogP contribution is -2.39. The van der Waals surface area contributed by atoms with Crippen molar-refractivity contribution in [2.45, 2.75) is 30.3 Å². The molecule has 0 fully saturated rings. The van der Waals surface area contributed by atoms with E-state index in [4.69, 9.17) is 0 Å². The van der Waals surface area contributed by atoms with Gasteiger partial charge in [-0.2, -0.15) is 0 Å². The van der Waals surface area contributed by atoms with E-state index in [9.17, 15) is 4.79 Å². The third kappa shape index (κ3) is 3.38. The summed E-state index contributed by atoms with van der Waals surface area (Å²) in [6.45, 7) is 3.92. The second-order valence-electron chi connectivity index (χ2n) is 7.23. The zero-order valence-corrected chi connectivity index (χ0v) is 17.2. The molecule has 0 amide bonds. The van der Waals surface area contributed by atoms with Crippen LogP contribution in [0.15, 0.2) is 53.7 Å². The minimum Gasteiger partial charge on any atom is -0.378 e. The van der Waals surface area contributed by atoms with E-state index in [1.165, 1.54) is 11.8 Å². The first kappa shape index (κ1) is 18.6. The molecule has 2 heterocycles. The summed E-state index contributed by atoms with van der Waals surface area (Å²) in [5.41, 5.74) is 7.49. The predicted octanol–water partition coefficient (Wildman–Crippen LogP) is 3.60. The highest BCUT2D eigenvalue weighted by Gasteiger charge is 2.37. The van der Waals surface area contributed by atoms with Crippen LogP contribution in [0.25, 0.3) is 0 Å². The van der Waals surface area contributed by atoms with Gasteiger partial charge in [0.1, 0.15) is 11.1 Å². The fourth-order valence-corrected chi connectivity index (χ4v) is 4.47. The monoisotopic (exact) mass is 393 g/mol. The van der Waals surface area contributed by atoms with Gasteiger partial charge in [0.05, 0.1) is 6.04 Å². The predicted molar refractivity (Wildman–Crippen MR) is 113 cm³/mol. The molecular weight excluding hydrogens is 370 g/mol. The van der Waals surface area contributed by atoms with Crippen LogP contribution in [0.1, 0.15) is 33.4 Å². The zero-order valence-electron chi connectivity index (χ0n) is 16.4. The summed E-state index contributed by atoms with van der Waals surface area (Å²) in [6.07, 6.45) is 0. The molecule has 0 saturated heterocycles. The number of anilines is 1. The highest BCUT2D eigenvalue weighted by molar-refractivity contribution is 8.00. The fraction of sp³-hybridized carbons (Fsp3) is 0.286. The molecule has 2 aromatic carbocycles. The maximum atomic E-state index is 13.4. The molecule has 1 N–H and O–H groups in total. The maximum absolute atomic E-state index is 13.4. The van der Waals surface area contributed by atoms with Crippen molar-refractivity contribution in [1.29, 1.82) is 0 Å². The molecule has 0 spiro atoms. The second kappa shape index (κ2) is 7.31. The van der Waals surface area contributed by atoms with Crippen LogP contribution in [-0.4, -0.2) is 40.0 Å². The van der Waals surface area contributed by atoms with Crippen LogP contribution < -0.4 is 10.3 Å². The third-order valence-electron chi connectivity index (χ3n) is 4.96. The van der Waals surface area contributed by atoms with Gasteiger partial charge in [0.2, 0.25) is 5.16 Å². The van der Waals surface area contributed by atoms with E-state index < -0.39 is 0 Å². The van der Waals surface area contributed by atoms with Crippen LogP contribution in [0, 0.1) is 13.8 Å². The number of nitrogens with zero attached hydrogens (tertiary/aromatic N) is 4. The normalized spacial score (nSPS) is 18.3. The summed E-state index contributed by atoms with van der Waals surface area (Å²) in [5, 5.41) is 8.75. The largest absolute Gasteiger partial charge is 0.378 e. The van der Waals surface area contributed by atoms with E-state index >= 15 is 0 Å². The molecule has 6 nitrogen and oxygen atoms in total. The first-order valence-electron chi connectivity index (χ1n) is 9.17. The molecule has 144 valence electrons. The number of carbonyl (C=O) groups is 1. The molecule has 4 rings (SSSR count). The second-order valence-corrected chi connectivity index (χ2v) is 8.34. The number of aryl methyl sites for hydroxylation is 2. The Bertz CT molecular complexity index is 995. The van der Waals surface area contributed by atoms with Crippen molar-refractivity contribution < 1.29 is 4.79 Å². The molecule has 7 heteroatoms. The first-order chi connectivity index (χ1) is 13.4. The van der Waals surface area contributed by atoms with Gasteiger partial charge in [0.15, 0.2) is 5.78 Å². The average Bonchev–Trinajstić information content (AvgIpc) is 3.07. The van der Waals surface area contributed by atoms with Crippen LogP contribution in [0.3, 0.4) is 0 Å². The zero-order chi connectivity index (χ0) is 19.8. The van der Waals surface area contributed by atoms with Gasteiger partial charge in [0.25, 0.3) is 0 Å². The van der Waals surface area contributed by atoms with Crippen LogP contribution in [-0.2, 0) is 0 Å². The summed E-state index contributed by atoms with van der Waals surface area (Å²) in [6, 6.07) is 15.9. The number of Topliss-reactive ketones (excluding diaryl/α,β-unsaturated/α-hetero) is 1. The highest BCUT2D eigenvalue weighted by atomic mass is 32.2. The summed E-state index contributed by atoms with van der Waals surface area (Å²) in [4.78, 5) is 15.4. The number of hydrogen-bond donors (Lipinski definition) is 1. The number of benzene rings is 2. The lowest BCUT2D eigenvalue weighted by atomic mass is 9.97. The van der Waals surface area contributed by atoms with Crippen LogP contribution in [0.4, 0.5) is 5.69 Å². The van der Waals surface area contributed by atoms with Gasteiger partial charge in [-0.05, 0) is 31.5 Å². The Labute approximate surface area is 168 Å². The smallest absolute Gasteiger partial charge is 0.210 e. The summed E-state index contributed by atoms with van der Waals surface area (Å²) in [7, 11) is 4.03. The van der Waals surface area contributed by atoms with Crippen molar-refractivity contribution in [3.8, 4) is 0 Å². The Balaban J connectivity index is 1.72. The van der Waals surface area contributed by atoms with E-state index in [0.29, 0.717) is 10.7 Å². The van der Waals surface area contributed by atoms with Gasteiger partial charge in [0, 0.05) is 25.3 Å². The van der Waals surface area contributed by atoms with Crippen molar-refractivity contribution >= 4 is 23.2 Å². The molecular formula is C21H23N5OS. The Morgan fingerprint density at radius 1 is 1.04 bits per heavy atom. The first-order valence-corrected chi connectivity index (χ1v) is 10.1. The van der Waals surface area contributed by atoms with E-state index in [1.807, 2.05) is 56.9 Å². The third-order valence-corrected chi connectivity index (χ3v) is 6.18. The fourth-order valence-electron chi connectivity index (χ4n) is 3.27. The van der Waals surface area contributed by atoms with E-state index in [-0.39, 0.29) is 17.1 Å². The molecule has 0 saturated carbocycles. The molecule has 0 aliphatic carbocycles. The van der Waals surface area contributed by atoms with Gasteiger partial charge < -0.3 is 10.3 Å². The molecule has 3 aromatic rings. The van der Waals surface area contributed by atoms with Crippen LogP contribution in [0.2, 0.25) is 0 Å². The molecule has 0 bridgehead atoms. The maximum Gasteiger partial charge on any atom is 0.210 e. The number of ketones is 1. The van der Waals surface area contributed by atoms with Crippen molar-refractivity contribution in [1.82, 2.24) is 14.9 Å². The molecule has 2 atom stereocenters. The van der Waals surface area contributed by atoms with Gasteiger partial charge in [-0.1, -0.05) is 53.7 Å². The van der Waals surface area contributed by atoms with Crippen molar-refractivity contribution in [2.24, 2.45) is 0 Å². The standard InChI is InChI=1S/C21H23N5OS/c1-13-5-7-16(8-6-13)19(27)20-18(15-9-11-17(12-10-15)25(3)4)24-26-14(2)22-23-21(26)28-20/h5-12,18,20,24H,1-4H3/t18-,20+/m1/s1.